The number of thiazole rings is 1. The van der Waals surface area contributed by atoms with E-state index < -0.39 is 0 Å². The number of benzene rings is 1. The first-order valence-corrected chi connectivity index (χ1v) is 10.1. The third-order valence-corrected chi connectivity index (χ3v) is 6.21. The first kappa shape index (κ1) is 18.8. The molecule has 138 valence electrons. The maximum Gasteiger partial charge on any atom is 0.234 e. The van der Waals surface area contributed by atoms with Crippen molar-refractivity contribution in [3.8, 4) is 5.75 Å². The number of thiophene rings is 1. The van der Waals surface area contributed by atoms with Crippen molar-refractivity contribution in [1.82, 2.24) is 9.88 Å². The molecule has 3 rings (SSSR count). The molecule has 0 aliphatic rings. The molecule has 0 unspecified atom stereocenters. The van der Waals surface area contributed by atoms with E-state index in [1.165, 1.54) is 0 Å². The summed E-state index contributed by atoms with van der Waals surface area (Å²) in [5, 5.41) is 2.73. The minimum atomic E-state index is 0.0741. The van der Waals surface area contributed by atoms with Crippen LogP contribution in [0.3, 0.4) is 0 Å². The third-order valence-electron chi connectivity index (χ3n) is 4.12. The van der Waals surface area contributed by atoms with Gasteiger partial charge in [0.25, 0.3) is 0 Å². The van der Waals surface area contributed by atoms with Crippen LogP contribution < -0.4 is 9.64 Å². The molecule has 0 aliphatic heterocycles. The summed E-state index contributed by atoms with van der Waals surface area (Å²) in [6, 6.07) is 7.93. The predicted molar refractivity (Wildman–Crippen MR) is 110 cm³/mol. The van der Waals surface area contributed by atoms with Gasteiger partial charge in [-0.3, -0.25) is 9.69 Å². The maximum atomic E-state index is 13.0. The van der Waals surface area contributed by atoms with Crippen LogP contribution in [0.15, 0.2) is 29.6 Å². The second-order valence-corrected chi connectivity index (χ2v) is 8.37. The first-order valence-electron chi connectivity index (χ1n) is 8.41. The molecular formula is C19H23N3O2S2. The molecule has 3 aromatic rings. The van der Waals surface area contributed by atoms with E-state index in [-0.39, 0.29) is 5.91 Å². The number of amides is 1. The smallest absolute Gasteiger partial charge is 0.234 e. The minimum Gasteiger partial charge on any atom is -0.494 e. The van der Waals surface area contributed by atoms with Gasteiger partial charge in [0.2, 0.25) is 5.91 Å². The SMILES string of the molecule is COc1ccc(C)c2sc(N(CCN(C)C)C(=O)Cc3cccs3)nc12. The molecule has 0 N–H and O–H groups in total. The molecule has 0 atom stereocenters. The number of nitrogens with zero attached hydrogens (tertiary/aromatic N) is 3. The summed E-state index contributed by atoms with van der Waals surface area (Å²) >= 11 is 3.16. The zero-order valence-electron chi connectivity index (χ0n) is 15.5. The number of ether oxygens (including phenoxy) is 1. The number of likely N-dealkylation sites (N-methyl/N-ethyl adjacent to an activating group) is 1. The number of hydrogen-bond donors (Lipinski definition) is 0. The number of rotatable bonds is 7. The lowest BCUT2D eigenvalue weighted by Crippen LogP contribution is -2.37. The largest absolute Gasteiger partial charge is 0.494 e. The highest BCUT2D eigenvalue weighted by Crippen LogP contribution is 2.36. The predicted octanol–water partition coefficient (Wildman–Crippen LogP) is 3.81. The van der Waals surface area contributed by atoms with Crippen molar-refractivity contribution < 1.29 is 9.53 Å². The van der Waals surface area contributed by atoms with Gasteiger partial charge < -0.3 is 9.64 Å². The number of aromatic nitrogens is 1. The van der Waals surface area contributed by atoms with Crippen molar-refractivity contribution in [1.29, 1.82) is 0 Å². The highest BCUT2D eigenvalue weighted by Gasteiger charge is 2.22. The molecule has 2 heterocycles. The van der Waals surface area contributed by atoms with Crippen molar-refractivity contribution in [2.75, 3.05) is 39.2 Å². The summed E-state index contributed by atoms with van der Waals surface area (Å²) in [6.45, 7) is 3.45. The van der Waals surface area contributed by atoms with Crippen molar-refractivity contribution >= 4 is 43.9 Å². The highest BCUT2D eigenvalue weighted by atomic mass is 32.1. The number of aryl methyl sites for hydroxylation is 1. The van der Waals surface area contributed by atoms with Crippen molar-refractivity contribution in [3.05, 3.63) is 40.1 Å². The Labute approximate surface area is 161 Å². The third kappa shape index (κ3) is 4.06. The van der Waals surface area contributed by atoms with Gasteiger partial charge >= 0.3 is 0 Å². The molecule has 0 spiro atoms. The molecule has 1 aromatic carbocycles. The molecule has 26 heavy (non-hydrogen) atoms. The van der Waals surface area contributed by atoms with E-state index in [9.17, 15) is 4.79 Å². The van der Waals surface area contributed by atoms with Crippen LogP contribution in [-0.4, -0.2) is 50.1 Å². The normalized spacial score (nSPS) is 11.3. The Morgan fingerprint density at radius 1 is 1.23 bits per heavy atom. The number of hydrogen-bond acceptors (Lipinski definition) is 6. The molecule has 0 saturated heterocycles. The van der Waals surface area contributed by atoms with Crippen LogP contribution in [0.5, 0.6) is 5.75 Å². The van der Waals surface area contributed by atoms with Crippen LogP contribution in [0.25, 0.3) is 10.2 Å². The zero-order valence-corrected chi connectivity index (χ0v) is 17.1. The summed E-state index contributed by atoms with van der Waals surface area (Å²) in [5.41, 5.74) is 1.97. The monoisotopic (exact) mass is 389 g/mol. The molecular weight excluding hydrogens is 366 g/mol. The van der Waals surface area contributed by atoms with Crippen LogP contribution in [0, 0.1) is 6.92 Å². The molecule has 0 bridgehead atoms. The summed E-state index contributed by atoms with van der Waals surface area (Å²) in [6.07, 6.45) is 0.400. The molecule has 2 aromatic heterocycles. The summed E-state index contributed by atoms with van der Waals surface area (Å²) in [7, 11) is 5.66. The lowest BCUT2D eigenvalue weighted by molar-refractivity contribution is -0.118. The van der Waals surface area contributed by atoms with Crippen molar-refractivity contribution in [2.24, 2.45) is 0 Å². The van der Waals surface area contributed by atoms with E-state index in [0.29, 0.717) is 13.0 Å². The topological polar surface area (TPSA) is 45.7 Å². The van der Waals surface area contributed by atoms with E-state index in [1.807, 2.05) is 48.6 Å². The number of carbonyl (C=O) groups is 1. The average Bonchev–Trinajstić information content (AvgIpc) is 3.25. The molecule has 0 saturated carbocycles. The second kappa shape index (κ2) is 8.16. The fraction of sp³-hybridized carbons (Fsp3) is 0.368. The Bertz CT molecular complexity index is 888. The van der Waals surface area contributed by atoms with Gasteiger partial charge in [-0.15, -0.1) is 11.3 Å². The van der Waals surface area contributed by atoms with Crippen molar-refractivity contribution in [3.63, 3.8) is 0 Å². The summed E-state index contributed by atoms with van der Waals surface area (Å²) in [4.78, 5) is 22.7. The van der Waals surface area contributed by atoms with Crippen molar-refractivity contribution in [2.45, 2.75) is 13.3 Å². The molecule has 0 aliphatic carbocycles. The standard InChI is InChI=1S/C19H23N3O2S2/c1-13-7-8-15(24-4)17-18(13)26-19(20-17)22(10-9-21(2)3)16(23)12-14-6-5-11-25-14/h5-8,11H,9-10,12H2,1-4H3. The quantitative estimate of drug-likeness (QED) is 0.616. The van der Waals surface area contributed by atoms with Gasteiger partial charge in [-0.05, 0) is 44.1 Å². The van der Waals surface area contributed by atoms with Gasteiger partial charge in [-0.2, -0.15) is 0 Å². The van der Waals surface area contributed by atoms with Crippen LogP contribution in [0.2, 0.25) is 0 Å². The zero-order chi connectivity index (χ0) is 18.7. The van der Waals surface area contributed by atoms with E-state index >= 15 is 0 Å². The molecule has 0 radical (unpaired) electrons. The van der Waals surface area contributed by atoms with Gasteiger partial charge in [0.1, 0.15) is 11.3 Å². The second-order valence-electron chi connectivity index (χ2n) is 6.36. The summed E-state index contributed by atoms with van der Waals surface area (Å²) < 4.78 is 6.52. The Kier molecular flexibility index (Phi) is 5.90. The minimum absolute atomic E-state index is 0.0741. The van der Waals surface area contributed by atoms with E-state index in [1.54, 1.807) is 29.8 Å². The fourth-order valence-electron chi connectivity index (χ4n) is 2.66. The van der Waals surface area contributed by atoms with E-state index in [2.05, 4.69) is 11.8 Å². The lowest BCUT2D eigenvalue weighted by atomic mass is 10.2. The molecule has 0 fully saturated rings. The Morgan fingerprint density at radius 3 is 2.69 bits per heavy atom. The Morgan fingerprint density at radius 2 is 2.04 bits per heavy atom. The maximum absolute atomic E-state index is 13.0. The van der Waals surface area contributed by atoms with Crippen LogP contribution in [0.1, 0.15) is 10.4 Å². The number of anilines is 1. The van der Waals surface area contributed by atoms with Gasteiger partial charge in [0.15, 0.2) is 5.13 Å². The Hall–Kier alpha value is -1.96. The molecule has 1 amide bonds. The van der Waals surface area contributed by atoms with Gasteiger partial charge in [0.05, 0.1) is 18.2 Å². The van der Waals surface area contributed by atoms with Crippen LogP contribution in [0.4, 0.5) is 5.13 Å². The number of methoxy groups -OCH3 is 1. The average molecular weight is 390 g/mol. The van der Waals surface area contributed by atoms with E-state index in [0.717, 1.165) is 38.1 Å². The Balaban J connectivity index is 1.96. The molecule has 7 heteroatoms. The fourth-order valence-corrected chi connectivity index (χ4v) is 4.45. The summed E-state index contributed by atoms with van der Waals surface area (Å²) in [5.74, 6) is 0.816. The van der Waals surface area contributed by atoms with Crippen LogP contribution >= 0.6 is 22.7 Å². The van der Waals surface area contributed by atoms with Gasteiger partial charge in [-0.25, -0.2) is 4.98 Å². The van der Waals surface area contributed by atoms with Crippen LogP contribution in [-0.2, 0) is 11.2 Å². The van der Waals surface area contributed by atoms with Gasteiger partial charge in [-0.1, -0.05) is 23.5 Å². The van der Waals surface area contributed by atoms with E-state index in [4.69, 9.17) is 9.72 Å². The number of carbonyl (C=O) groups excluding carboxylic acids is 1. The number of fused-ring (bicyclic) bond motifs is 1. The first-order chi connectivity index (χ1) is 12.5. The van der Waals surface area contributed by atoms with Gasteiger partial charge in [0, 0.05) is 18.0 Å². The lowest BCUT2D eigenvalue weighted by Gasteiger charge is -2.21. The highest BCUT2D eigenvalue weighted by molar-refractivity contribution is 7.22. The molecule has 5 nitrogen and oxygen atoms in total.